The second-order valence-corrected chi connectivity index (χ2v) is 9.53. The Morgan fingerprint density at radius 2 is 1.80 bits per heavy atom. The smallest absolute Gasteiger partial charge is 0.339 e. The summed E-state index contributed by atoms with van der Waals surface area (Å²) in [6.07, 6.45) is 2.30. The Morgan fingerprint density at radius 1 is 1.17 bits per heavy atom. The summed E-state index contributed by atoms with van der Waals surface area (Å²) in [5, 5.41) is 11.9. The maximum absolute atomic E-state index is 12.8. The highest BCUT2D eigenvalue weighted by Gasteiger charge is 2.35. The van der Waals surface area contributed by atoms with Crippen molar-refractivity contribution in [3.05, 3.63) is 22.0 Å². The molecule has 8 nitrogen and oxygen atoms in total. The third-order valence-electron chi connectivity index (χ3n) is 4.80. The molecule has 0 aliphatic carbocycles. The molecule has 1 aromatic rings. The minimum Gasteiger partial charge on any atom is -0.478 e. The number of carboxylic acid groups (broad SMARTS) is 1. The molecule has 0 spiro atoms. The van der Waals surface area contributed by atoms with Crippen LogP contribution in [0.1, 0.15) is 86.8 Å². The molecule has 0 fully saturated rings. The van der Waals surface area contributed by atoms with Gasteiger partial charge in [-0.2, -0.15) is 0 Å². The van der Waals surface area contributed by atoms with Gasteiger partial charge in [-0.1, -0.05) is 11.6 Å². The van der Waals surface area contributed by atoms with E-state index in [4.69, 9.17) is 16.3 Å². The van der Waals surface area contributed by atoms with E-state index in [2.05, 4.69) is 5.32 Å². The highest BCUT2D eigenvalue weighted by molar-refractivity contribution is 6.47. The molecule has 1 aliphatic heterocycles. The summed E-state index contributed by atoms with van der Waals surface area (Å²) in [5.74, 6) is -3.26. The second kappa shape index (κ2) is 8.79. The lowest BCUT2D eigenvalue weighted by Gasteiger charge is -2.26. The average molecular weight is 441 g/mol. The first-order valence-electron chi connectivity index (χ1n) is 9.96. The number of aromatic nitrogens is 1. The van der Waals surface area contributed by atoms with Crippen LogP contribution in [0.4, 0.5) is 0 Å². The van der Waals surface area contributed by atoms with Gasteiger partial charge in [0.25, 0.3) is 11.7 Å². The van der Waals surface area contributed by atoms with Crippen LogP contribution >= 0.6 is 11.6 Å². The molecule has 0 saturated heterocycles. The molecule has 2 rings (SSSR count). The molecule has 0 radical (unpaired) electrons. The van der Waals surface area contributed by atoms with Crippen molar-refractivity contribution in [1.82, 2.24) is 9.88 Å². The van der Waals surface area contributed by atoms with E-state index in [9.17, 15) is 24.3 Å². The highest BCUT2D eigenvalue weighted by Crippen LogP contribution is 2.33. The van der Waals surface area contributed by atoms with Gasteiger partial charge in [0.05, 0.1) is 10.6 Å². The maximum atomic E-state index is 12.8. The summed E-state index contributed by atoms with van der Waals surface area (Å²) in [5.41, 5.74) is -1.03. The van der Waals surface area contributed by atoms with Crippen LogP contribution in [-0.2, 0) is 27.3 Å². The van der Waals surface area contributed by atoms with Crippen LogP contribution in [0.5, 0.6) is 0 Å². The van der Waals surface area contributed by atoms with Gasteiger partial charge in [0, 0.05) is 24.2 Å². The van der Waals surface area contributed by atoms with Crippen LogP contribution in [0.25, 0.3) is 0 Å². The number of hydrogen-bond acceptors (Lipinski definition) is 5. The van der Waals surface area contributed by atoms with Gasteiger partial charge in [-0.3, -0.25) is 14.4 Å². The lowest BCUT2D eigenvalue weighted by Crippen LogP contribution is -2.46. The molecule has 166 valence electrons. The molecule has 2 heterocycles. The summed E-state index contributed by atoms with van der Waals surface area (Å²) in [4.78, 5) is 48.8. The molecule has 1 aliphatic rings. The molecule has 2 N–H and O–H groups in total. The number of amides is 1. The largest absolute Gasteiger partial charge is 0.478 e. The van der Waals surface area contributed by atoms with E-state index < -0.39 is 28.8 Å². The van der Waals surface area contributed by atoms with Crippen molar-refractivity contribution in [2.75, 3.05) is 0 Å². The average Bonchev–Trinajstić information content (AvgIpc) is 3.10. The minimum atomic E-state index is -1.22. The number of halogens is 1. The number of carbonyl (C=O) groups is 4. The number of hydrogen-bond donors (Lipinski definition) is 2. The quantitative estimate of drug-likeness (QED) is 0.364. The number of nitrogens with zero attached hydrogens (tertiary/aromatic N) is 1. The third-order valence-corrected chi connectivity index (χ3v) is 5.16. The normalized spacial score (nSPS) is 13.7. The molecule has 1 aromatic heterocycles. The summed E-state index contributed by atoms with van der Waals surface area (Å²) < 4.78 is 6.79. The summed E-state index contributed by atoms with van der Waals surface area (Å²) in [7, 11) is 0. The van der Waals surface area contributed by atoms with Crippen molar-refractivity contribution in [2.45, 2.75) is 84.4 Å². The lowest BCUT2D eigenvalue weighted by molar-refractivity contribution is -0.154. The van der Waals surface area contributed by atoms with Crippen LogP contribution in [0.15, 0.2) is 0 Å². The first kappa shape index (κ1) is 23.9. The zero-order valence-electron chi connectivity index (χ0n) is 18.1. The van der Waals surface area contributed by atoms with Gasteiger partial charge in [0.1, 0.15) is 11.3 Å². The Balaban J connectivity index is 2.04. The first-order chi connectivity index (χ1) is 13.7. The molecule has 1 amide bonds. The number of carbonyl (C=O) groups excluding carboxylic acids is 3. The zero-order chi connectivity index (χ0) is 22.9. The summed E-state index contributed by atoms with van der Waals surface area (Å²) in [6, 6.07) is 0. The van der Waals surface area contributed by atoms with Gasteiger partial charge in [0.2, 0.25) is 0 Å². The molecule has 30 heavy (non-hydrogen) atoms. The third kappa shape index (κ3) is 5.62. The Kier molecular flexibility index (Phi) is 7.01. The van der Waals surface area contributed by atoms with Gasteiger partial charge < -0.3 is 19.7 Å². The van der Waals surface area contributed by atoms with E-state index in [1.54, 1.807) is 34.6 Å². The van der Waals surface area contributed by atoms with Crippen molar-refractivity contribution in [3.63, 3.8) is 0 Å². The standard InChI is InChI=1S/C21H29ClN2O6/c1-20(2,3)30-13(25)9-6-10-21(4,5)23-18(27)17(26)16-15(22)14(19(28)29)12-8-7-11-24(12)16/h6-11H2,1-5H3,(H,23,27)(H,28,29). The Labute approximate surface area is 180 Å². The molecule has 0 unspecified atom stereocenters. The van der Waals surface area contributed by atoms with Gasteiger partial charge in [-0.05, 0) is 60.3 Å². The van der Waals surface area contributed by atoms with Crippen LogP contribution in [0, 0.1) is 0 Å². The summed E-state index contributed by atoms with van der Waals surface area (Å²) >= 11 is 6.17. The Bertz CT molecular complexity index is 879. The SMILES string of the molecule is CC(C)(CCCC(=O)OC(C)(C)C)NC(=O)C(=O)c1c(Cl)c(C(=O)O)c2n1CCC2. The van der Waals surface area contributed by atoms with Crippen molar-refractivity contribution >= 4 is 35.2 Å². The highest BCUT2D eigenvalue weighted by atomic mass is 35.5. The molecule has 0 bridgehead atoms. The number of ketones is 1. The number of esters is 1. The predicted molar refractivity (Wildman–Crippen MR) is 111 cm³/mol. The van der Waals surface area contributed by atoms with Crippen molar-refractivity contribution < 1.29 is 29.0 Å². The molecule has 0 saturated carbocycles. The maximum Gasteiger partial charge on any atom is 0.339 e. The predicted octanol–water partition coefficient (Wildman–Crippen LogP) is 3.38. The second-order valence-electron chi connectivity index (χ2n) is 9.15. The molecule has 0 atom stereocenters. The number of aromatic carboxylic acids is 1. The molecular weight excluding hydrogens is 412 g/mol. The number of Topliss-reactive ketones (excluding diaryl/α,β-unsaturated/α-hetero) is 1. The first-order valence-corrected chi connectivity index (χ1v) is 10.3. The molecular formula is C21H29ClN2O6. The van der Waals surface area contributed by atoms with E-state index in [1.165, 1.54) is 4.57 Å². The van der Waals surface area contributed by atoms with Gasteiger partial charge >= 0.3 is 11.9 Å². The van der Waals surface area contributed by atoms with Crippen LogP contribution in [0.3, 0.4) is 0 Å². The van der Waals surface area contributed by atoms with Crippen molar-refractivity contribution in [3.8, 4) is 0 Å². The van der Waals surface area contributed by atoms with E-state index in [-0.39, 0.29) is 28.7 Å². The topological polar surface area (TPSA) is 115 Å². The fraction of sp³-hybridized carbons (Fsp3) is 0.619. The van der Waals surface area contributed by atoms with Crippen molar-refractivity contribution in [2.24, 2.45) is 0 Å². The summed E-state index contributed by atoms with van der Waals surface area (Å²) in [6.45, 7) is 9.32. The van der Waals surface area contributed by atoms with Crippen LogP contribution < -0.4 is 5.32 Å². The number of carboxylic acids is 1. The lowest BCUT2D eigenvalue weighted by atomic mass is 9.96. The zero-order valence-corrected chi connectivity index (χ0v) is 18.8. The van der Waals surface area contributed by atoms with E-state index in [0.717, 1.165) is 0 Å². The van der Waals surface area contributed by atoms with Gasteiger partial charge in [-0.15, -0.1) is 0 Å². The number of nitrogens with one attached hydrogen (secondary N) is 1. The fourth-order valence-corrected chi connectivity index (χ4v) is 3.96. The van der Waals surface area contributed by atoms with Gasteiger partial charge in [0.15, 0.2) is 0 Å². The van der Waals surface area contributed by atoms with E-state index in [0.29, 0.717) is 37.9 Å². The number of rotatable bonds is 8. The van der Waals surface area contributed by atoms with E-state index in [1.807, 2.05) is 0 Å². The van der Waals surface area contributed by atoms with E-state index >= 15 is 0 Å². The number of fused-ring (bicyclic) bond motifs is 1. The fourth-order valence-electron chi connectivity index (χ4n) is 3.59. The van der Waals surface area contributed by atoms with Crippen LogP contribution in [0.2, 0.25) is 5.02 Å². The Hall–Kier alpha value is -2.35. The van der Waals surface area contributed by atoms with Crippen LogP contribution in [-0.4, -0.2) is 44.4 Å². The monoisotopic (exact) mass is 440 g/mol. The van der Waals surface area contributed by atoms with Crippen molar-refractivity contribution in [1.29, 1.82) is 0 Å². The molecule has 0 aromatic carbocycles. The Morgan fingerprint density at radius 3 is 2.37 bits per heavy atom. The van der Waals surface area contributed by atoms with Gasteiger partial charge in [-0.25, -0.2) is 4.79 Å². The molecule has 9 heteroatoms. The minimum absolute atomic E-state index is 0.0800. The number of ether oxygens (including phenoxy) is 1.